The first kappa shape index (κ1) is 19.4. The SMILES string of the molecule is COC(=O)C(NS(=O)(=O)c1cccc(C(F)(F)F)c1)C(C)(C)C. The van der Waals surface area contributed by atoms with Crippen LogP contribution in [0.2, 0.25) is 0 Å². The topological polar surface area (TPSA) is 72.5 Å². The van der Waals surface area contributed by atoms with Gasteiger partial charge in [0.05, 0.1) is 17.6 Å². The Hall–Kier alpha value is -1.61. The molecule has 0 saturated heterocycles. The second kappa shape index (κ2) is 6.48. The minimum absolute atomic E-state index is 0.513. The van der Waals surface area contributed by atoms with Gasteiger partial charge < -0.3 is 4.74 Å². The smallest absolute Gasteiger partial charge is 0.416 e. The number of hydrogen-bond donors (Lipinski definition) is 1. The van der Waals surface area contributed by atoms with Gasteiger partial charge in [0.2, 0.25) is 10.0 Å². The lowest BCUT2D eigenvalue weighted by Crippen LogP contribution is -2.49. The van der Waals surface area contributed by atoms with Crippen molar-refractivity contribution in [3.8, 4) is 0 Å². The Morgan fingerprint density at radius 1 is 1.22 bits per heavy atom. The maximum absolute atomic E-state index is 12.7. The molecule has 1 unspecified atom stereocenters. The first-order chi connectivity index (χ1) is 10.3. The van der Waals surface area contributed by atoms with Crippen LogP contribution in [0, 0.1) is 5.41 Å². The van der Waals surface area contributed by atoms with E-state index in [0.29, 0.717) is 6.07 Å². The van der Waals surface area contributed by atoms with Crippen molar-refractivity contribution in [1.29, 1.82) is 0 Å². The molecule has 0 bridgehead atoms. The molecule has 9 heteroatoms. The van der Waals surface area contributed by atoms with E-state index in [1.807, 2.05) is 0 Å². The van der Waals surface area contributed by atoms with E-state index < -0.39 is 44.1 Å². The average Bonchev–Trinajstić information content (AvgIpc) is 2.42. The largest absolute Gasteiger partial charge is 0.468 e. The number of carbonyl (C=O) groups excluding carboxylic acids is 1. The van der Waals surface area contributed by atoms with Gasteiger partial charge in [-0.1, -0.05) is 26.8 Å². The van der Waals surface area contributed by atoms with Gasteiger partial charge in [0, 0.05) is 0 Å². The van der Waals surface area contributed by atoms with E-state index in [4.69, 9.17) is 0 Å². The second-order valence-electron chi connectivity index (χ2n) is 5.97. The maximum Gasteiger partial charge on any atom is 0.416 e. The van der Waals surface area contributed by atoms with Crippen LogP contribution >= 0.6 is 0 Å². The molecule has 1 aromatic carbocycles. The van der Waals surface area contributed by atoms with Crippen LogP contribution in [0.3, 0.4) is 0 Å². The molecule has 23 heavy (non-hydrogen) atoms. The average molecular weight is 353 g/mol. The summed E-state index contributed by atoms with van der Waals surface area (Å²) in [6, 6.07) is 2.04. The van der Waals surface area contributed by atoms with Gasteiger partial charge in [0.1, 0.15) is 6.04 Å². The zero-order valence-electron chi connectivity index (χ0n) is 13.1. The summed E-state index contributed by atoms with van der Waals surface area (Å²) in [6.07, 6.45) is -4.67. The van der Waals surface area contributed by atoms with Crippen LogP contribution in [-0.2, 0) is 25.7 Å². The monoisotopic (exact) mass is 353 g/mol. The van der Waals surface area contributed by atoms with Crippen molar-refractivity contribution in [3.05, 3.63) is 29.8 Å². The maximum atomic E-state index is 12.7. The molecule has 0 saturated carbocycles. The number of carbonyl (C=O) groups is 1. The Balaban J connectivity index is 3.24. The third-order valence-corrected chi connectivity index (χ3v) is 4.47. The van der Waals surface area contributed by atoms with Crippen molar-refractivity contribution < 1.29 is 31.1 Å². The quantitative estimate of drug-likeness (QED) is 0.845. The number of nitrogens with one attached hydrogen (secondary N) is 1. The molecule has 1 N–H and O–H groups in total. The van der Waals surface area contributed by atoms with Gasteiger partial charge in [-0.05, 0) is 23.6 Å². The minimum atomic E-state index is -4.67. The van der Waals surface area contributed by atoms with E-state index in [0.717, 1.165) is 25.3 Å². The number of alkyl halides is 3. The molecule has 0 radical (unpaired) electrons. The van der Waals surface area contributed by atoms with Gasteiger partial charge >= 0.3 is 12.1 Å². The summed E-state index contributed by atoms with van der Waals surface area (Å²) in [7, 11) is -3.23. The molecule has 1 rings (SSSR count). The van der Waals surface area contributed by atoms with Gasteiger partial charge in [0.25, 0.3) is 0 Å². The molecular formula is C14H18F3NO4S. The van der Waals surface area contributed by atoms with E-state index >= 15 is 0 Å². The van der Waals surface area contributed by atoms with Crippen LogP contribution in [0.5, 0.6) is 0 Å². The molecule has 0 aromatic heterocycles. The zero-order valence-corrected chi connectivity index (χ0v) is 13.9. The summed E-state index contributed by atoms with van der Waals surface area (Å²) >= 11 is 0. The van der Waals surface area contributed by atoms with Gasteiger partial charge in [0.15, 0.2) is 0 Å². The highest BCUT2D eigenvalue weighted by molar-refractivity contribution is 7.89. The normalized spacial score (nSPS) is 14.4. The van der Waals surface area contributed by atoms with Crippen molar-refractivity contribution in [2.45, 2.75) is 37.9 Å². The fourth-order valence-corrected chi connectivity index (χ4v) is 3.20. The summed E-state index contributed by atoms with van der Waals surface area (Å²) in [4.78, 5) is 11.2. The fourth-order valence-electron chi connectivity index (χ4n) is 1.76. The summed E-state index contributed by atoms with van der Waals surface area (Å²) in [6.45, 7) is 4.80. The zero-order chi connectivity index (χ0) is 18.1. The van der Waals surface area contributed by atoms with Crippen LogP contribution in [0.25, 0.3) is 0 Å². The summed E-state index contributed by atoms with van der Waals surface area (Å²) < 4.78 is 69.4. The molecular weight excluding hydrogens is 335 g/mol. The Kier molecular flexibility index (Phi) is 5.48. The predicted octanol–water partition coefficient (Wildman–Crippen LogP) is 2.57. The standard InChI is InChI=1S/C14H18F3NO4S/c1-13(2,3)11(12(19)22-4)18-23(20,21)10-7-5-6-9(8-10)14(15,16)17/h5-8,11,18H,1-4H3. The van der Waals surface area contributed by atoms with Gasteiger partial charge in [-0.25, -0.2) is 8.42 Å². The number of benzene rings is 1. The van der Waals surface area contributed by atoms with E-state index in [1.165, 1.54) is 0 Å². The van der Waals surface area contributed by atoms with Crippen LogP contribution in [-0.4, -0.2) is 27.5 Å². The highest BCUT2D eigenvalue weighted by Gasteiger charge is 2.37. The molecule has 0 aliphatic rings. The van der Waals surface area contributed by atoms with Crippen LogP contribution in [0.15, 0.2) is 29.2 Å². The molecule has 0 fully saturated rings. The second-order valence-corrected chi connectivity index (χ2v) is 7.68. The lowest BCUT2D eigenvalue weighted by Gasteiger charge is -2.28. The molecule has 0 spiro atoms. The van der Waals surface area contributed by atoms with Gasteiger partial charge in [-0.3, -0.25) is 4.79 Å². The molecule has 1 atom stereocenters. The Morgan fingerprint density at radius 3 is 2.22 bits per heavy atom. The van der Waals surface area contributed by atoms with Crippen molar-refractivity contribution in [1.82, 2.24) is 4.72 Å². The summed E-state index contributed by atoms with van der Waals surface area (Å²) in [5.74, 6) is -0.826. The van der Waals surface area contributed by atoms with Crippen molar-refractivity contribution in [3.63, 3.8) is 0 Å². The van der Waals surface area contributed by atoms with Crippen molar-refractivity contribution in [2.75, 3.05) is 7.11 Å². The van der Waals surface area contributed by atoms with Crippen molar-refractivity contribution >= 4 is 16.0 Å². The van der Waals surface area contributed by atoms with Gasteiger partial charge in [-0.15, -0.1) is 0 Å². The number of esters is 1. The lowest BCUT2D eigenvalue weighted by molar-refractivity contribution is -0.145. The number of methoxy groups -OCH3 is 1. The minimum Gasteiger partial charge on any atom is -0.468 e. The van der Waals surface area contributed by atoms with E-state index in [9.17, 15) is 26.4 Å². The number of rotatable bonds is 4. The molecule has 0 aliphatic heterocycles. The fraction of sp³-hybridized carbons (Fsp3) is 0.500. The Morgan fingerprint density at radius 2 is 1.78 bits per heavy atom. The number of ether oxygens (including phenoxy) is 1. The third-order valence-electron chi connectivity index (χ3n) is 3.05. The van der Waals surface area contributed by atoms with E-state index in [2.05, 4.69) is 9.46 Å². The molecule has 0 heterocycles. The first-order valence-electron chi connectivity index (χ1n) is 6.56. The molecule has 5 nitrogen and oxygen atoms in total. The molecule has 0 amide bonds. The first-order valence-corrected chi connectivity index (χ1v) is 8.05. The Bertz CT molecular complexity index is 678. The summed E-state index contributed by atoms with van der Waals surface area (Å²) in [5, 5.41) is 0. The van der Waals surface area contributed by atoms with Crippen LogP contribution < -0.4 is 4.72 Å². The van der Waals surface area contributed by atoms with Crippen LogP contribution in [0.4, 0.5) is 13.2 Å². The van der Waals surface area contributed by atoms with Crippen molar-refractivity contribution in [2.24, 2.45) is 5.41 Å². The molecule has 130 valence electrons. The lowest BCUT2D eigenvalue weighted by atomic mass is 9.87. The highest BCUT2D eigenvalue weighted by atomic mass is 32.2. The molecule has 1 aromatic rings. The summed E-state index contributed by atoms with van der Waals surface area (Å²) in [5.41, 5.74) is -1.92. The Labute approximate surface area is 132 Å². The predicted molar refractivity (Wildman–Crippen MR) is 77.0 cm³/mol. The molecule has 0 aliphatic carbocycles. The highest BCUT2D eigenvalue weighted by Crippen LogP contribution is 2.31. The van der Waals surface area contributed by atoms with Gasteiger partial charge in [-0.2, -0.15) is 17.9 Å². The number of halogens is 3. The third kappa shape index (κ3) is 4.93. The van der Waals surface area contributed by atoms with Crippen LogP contribution in [0.1, 0.15) is 26.3 Å². The number of sulfonamides is 1. The number of hydrogen-bond acceptors (Lipinski definition) is 4. The van der Waals surface area contributed by atoms with E-state index in [-0.39, 0.29) is 0 Å². The van der Waals surface area contributed by atoms with E-state index in [1.54, 1.807) is 20.8 Å².